The highest BCUT2D eigenvalue weighted by Crippen LogP contribution is 2.34. The van der Waals surface area contributed by atoms with E-state index in [2.05, 4.69) is 15.5 Å². The van der Waals surface area contributed by atoms with Gasteiger partial charge in [-0.3, -0.25) is 4.79 Å². The zero-order chi connectivity index (χ0) is 19.8. The lowest BCUT2D eigenvalue weighted by Crippen LogP contribution is -2.13. The first-order valence-electron chi connectivity index (χ1n) is 8.95. The van der Waals surface area contributed by atoms with Gasteiger partial charge in [-0.1, -0.05) is 42.2 Å². The number of carbonyl (C=O) groups excluding carboxylic acids is 1. The van der Waals surface area contributed by atoms with Gasteiger partial charge in [0.05, 0.1) is 18.9 Å². The van der Waals surface area contributed by atoms with Gasteiger partial charge in [-0.15, -0.1) is 10.2 Å². The quantitative estimate of drug-likeness (QED) is 0.522. The summed E-state index contributed by atoms with van der Waals surface area (Å²) >= 11 is 2.92. The number of anilines is 1. The van der Waals surface area contributed by atoms with Crippen molar-refractivity contribution >= 4 is 34.7 Å². The Hall–Kier alpha value is -2.58. The molecule has 0 radical (unpaired) electrons. The minimum absolute atomic E-state index is 0.215. The van der Waals surface area contributed by atoms with E-state index >= 15 is 0 Å². The first-order valence-corrected chi connectivity index (χ1v) is 10.6. The summed E-state index contributed by atoms with van der Waals surface area (Å²) in [6.45, 7) is 5.04. The normalized spacial score (nSPS) is 10.5. The fourth-order valence-electron chi connectivity index (χ4n) is 2.40. The Labute approximate surface area is 172 Å². The third-order valence-electron chi connectivity index (χ3n) is 3.64. The minimum Gasteiger partial charge on any atom is -0.490 e. The van der Waals surface area contributed by atoms with Gasteiger partial charge in [0.15, 0.2) is 15.8 Å². The SMILES string of the molecule is CCCOc1ccc(C(=O)Nc2ccccc2Sc2nncs2)cc1OCC. The Morgan fingerprint density at radius 1 is 1.14 bits per heavy atom. The first-order chi connectivity index (χ1) is 13.7. The van der Waals surface area contributed by atoms with Crippen molar-refractivity contribution in [2.75, 3.05) is 18.5 Å². The Morgan fingerprint density at radius 2 is 2.00 bits per heavy atom. The number of para-hydroxylation sites is 1. The topological polar surface area (TPSA) is 73.3 Å². The van der Waals surface area contributed by atoms with Crippen LogP contribution in [0.2, 0.25) is 0 Å². The molecule has 0 saturated carbocycles. The van der Waals surface area contributed by atoms with Gasteiger partial charge < -0.3 is 14.8 Å². The smallest absolute Gasteiger partial charge is 0.255 e. The van der Waals surface area contributed by atoms with Crippen LogP contribution in [0.5, 0.6) is 11.5 Å². The van der Waals surface area contributed by atoms with E-state index in [1.165, 1.54) is 23.1 Å². The average molecular weight is 416 g/mol. The van der Waals surface area contributed by atoms with Gasteiger partial charge in [0.1, 0.15) is 5.51 Å². The molecule has 1 aromatic heterocycles. The maximum Gasteiger partial charge on any atom is 0.255 e. The van der Waals surface area contributed by atoms with Crippen LogP contribution in [0.3, 0.4) is 0 Å². The van der Waals surface area contributed by atoms with Crippen LogP contribution in [0.25, 0.3) is 0 Å². The number of carbonyl (C=O) groups is 1. The van der Waals surface area contributed by atoms with Crippen LogP contribution in [0.4, 0.5) is 5.69 Å². The van der Waals surface area contributed by atoms with E-state index in [1.807, 2.05) is 38.1 Å². The third-order valence-corrected chi connectivity index (χ3v) is 5.49. The molecule has 0 aliphatic carbocycles. The Bertz CT molecular complexity index is 917. The van der Waals surface area contributed by atoms with Gasteiger partial charge in [0, 0.05) is 10.5 Å². The van der Waals surface area contributed by atoms with E-state index in [4.69, 9.17) is 9.47 Å². The van der Waals surface area contributed by atoms with Crippen molar-refractivity contribution in [2.45, 2.75) is 29.5 Å². The van der Waals surface area contributed by atoms with Crippen molar-refractivity contribution in [1.29, 1.82) is 0 Å². The van der Waals surface area contributed by atoms with Crippen molar-refractivity contribution in [3.05, 3.63) is 53.5 Å². The molecule has 8 heteroatoms. The standard InChI is InChI=1S/C20H21N3O3S2/c1-3-11-26-16-10-9-14(12-17(16)25-4-2)19(24)22-15-7-5-6-8-18(15)28-20-23-21-13-27-20/h5-10,12-13H,3-4,11H2,1-2H3,(H,22,24). The Morgan fingerprint density at radius 3 is 2.75 bits per heavy atom. The van der Waals surface area contributed by atoms with E-state index in [0.29, 0.717) is 30.3 Å². The molecule has 0 fully saturated rings. The minimum atomic E-state index is -0.215. The highest BCUT2D eigenvalue weighted by Gasteiger charge is 2.14. The summed E-state index contributed by atoms with van der Waals surface area (Å²) < 4.78 is 12.2. The molecule has 28 heavy (non-hydrogen) atoms. The van der Waals surface area contributed by atoms with Crippen LogP contribution in [-0.4, -0.2) is 29.3 Å². The van der Waals surface area contributed by atoms with Gasteiger partial charge in [0.2, 0.25) is 0 Å². The molecule has 0 saturated heterocycles. The molecule has 0 spiro atoms. The van der Waals surface area contributed by atoms with E-state index in [1.54, 1.807) is 23.7 Å². The molecule has 0 aliphatic rings. The van der Waals surface area contributed by atoms with Crippen LogP contribution >= 0.6 is 23.1 Å². The number of rotatable bonds is 9. The third kappa shape index (κ3) is 5.24. The van der Waals surface area contributed by atoms with Gasteiger partial charge in [0.25, 0.3) is 5.91 Å². The molecule has 0 unspecified atom stereocenters. The number of benzene rings is 2. The second-order valence-electron chi connectivity index (χ2n) is 5.70. The van der Waals surface area contributed by atoms with Crippen molar-refractivity contribution in [1.82, 2.24) is 10.2 Å². The lowest BCUT2D eigenvalue weighted by Gasteiger charge is -2.14. The largest absolute Gasteiger partial charge is 0.490 e. The number of nitrogens with one attached hydrogen (secondary N) is 1. The molecule has 0 aliphatic heterocycles. The summed E-state index contributed by atoms with van der Waals surface area (Å²) in [5.74, 6) is 1.00. The fourth-order valence-corrected chi connectivity index (χ4v) is 3.93. The van der Waals surface area contributed by atoms with Crippen molar-refractivity contribution < 1.29 is 14.3 Å². The van der Waals surface area contributed by atoms with E-state index < -0.39 is 0 Å². The number of hydrogen-bond acceptors (Lipinski definition) is 7. The molecular weight excluding hydrogens is 394 g/mol. The lowest BCUT2D eigenvalue weighted by molar-refractivity contribution is 0.102. The summed E-state index contributed by atoms with van der Waals surface area (Å²) in [4.78, 5) is 13.7. The zero-order valence-electron chi connectivity index (χ0n) is 15.7. The summed E-state index contributed by atoms with van der Waals surface area (Å²) in [7, 11) is 0. The number of ether oxygens (including phenoxy) is 2. The molecule has 146 valence electrons. The molecule has 3 rings (SSSR count). The second-order valence-corrected chi connectivity index (χ2v) is 7.82. The molecule has 1 heterocycles. The maximum atomic E-state index is 12.8. The molecule has 0 atom stereocenters. The van der Waals surface area contributed by atoms with Crippen LogP contribution in [0.1, 0.15) is 30.6 Å². The fraction of sp³-hybridized carbons (Fsp3) is 0.250. The van der Waals surface area contributed by atoms with E-state index in [9.17, 15) is 4.79 Å². The van der Waals surface area contributed by atoms with Crippen LogP contribution in [0.15, 0.2) is 57.2 Å². The first kappa shape index (κ1) is 20.2. The van der Waals surface area contributed by atoms with Gasteiger partial charge in [-0.25, -0.2) is 0 Å². The lowest BCUT2D eigenvalue weighted by atomic mass is 10.1. The van der Waals surface area contributed by atoms with Gasteiger partial charge in [-0.05, 0) is 43.7 Å². The predicted molar refractivity (Wildman–Crippen MR) is 112 cm³/mol. The Kier molecular flexibility index (Phi) is 7.27. The molecular formula is C20H21N3O3S2. The van der Waals surface area contributed by atoms with E-state index in [0.717, 1.165) is 21.3 Å². The highest BCUT2D eigenvalue weighted by atomic mass is 32.2. The number of hydrogen-bond donors (Lipinski definition) is 1. The summed E-state index contributed by atoms with van der Waals surface area (Å²) in [6.07, 6.45) is 0.900. The second kappa shape index (κ2) is 10.1. The highest BCUT2D eigenvalue weighted by molar-refractivity contribution is 8.01. The monoisotopic (exact) mass is 415 g/mol. The number of nitrogens with zero attached hydrogens (tertiary/aromatic N) is 2. The Balaban J connectivity index is 1.78. The molecule has 0 bridgehead atoms. The summed E-state index contributed by atoms with van der Waals surface area (Å²) in [6, 6.07) is 12.8. The maximum absolute atomic E-state index is 12.8. The van der Waals surface area contributed by atoms with Crippen molar-refractivity contribution in [2.24, 2.45) is 0 Å². The zero-order valence-corrected chi connectivity index (χ0v) is 17.3. The van der Waals surface area contributed by atoms with Crippen molar-refractivity contribution in [3.63, 3.8) is 0 Å². The number of aromatic nitrogens is 2. The van der Waals surface area contributed by atoms with Crippen molar-refractivity contribution in [3.8, 4) is 11.5 Å². The van der Waals surface area contributed by atoms with Crippen LogP contribution in [0, 0.1) is 0 Å². The summed E-state index contributed by atoms with van der Waals surface area (Å²) in [5.41, 5.74) is 2.90. The van der Waals surface area contributed by atoms with Crippen LogP contribution in [-0.2, 0) is 0 Å². The van der Waals surface area contributed by atoms with Gasteiger partial charge in [-0.2, -0.15) is 0 Å². The molecule has 1 N–H and O–H groups in total. The average Bonchev–Trinajstić information content (AvgIpc) is 3.22. The molecule has 1 amide bonds. The van der Waals surface area contributed by atoms with E-state index in [-0.39, 0.29) is 5.91 Å². The van der Waals surface area contributed by atoms with Crippen LogP contribution < -0.4 is 14.8 Å². The van der Waals surface area contributed by atoms with Gasteiger partial charge >= 0.3 is 0 Å². The molecule has 2 aromatic carbocycles. The number of amides is 1. The summed E-state index contributed by atoms with van der Waals surface area (Å²) in [5, 5.41) is 10.9. The molecule has 6 nitrogen and oxygen atoms in total. The molecule has 3 aromatic rings. The predicted octanol–water partition coefficient (Wildman–Crippen LogP) is 5.13.